The summed E-state index contributed by atoms with van der Waals surface area (Å²) in [7, 11) is -3.37. The fourth-order valence-electron chi connectivity index (χ4n) is 2.30. The quantitative estimate of drug-likeness (QED) is 0.652. The van der Waals surface area contributed by atoms with Gasteiger partial charge in [0, 0.05) is 10.6 Å². The van der Waals surface area contributed by atoms with Crippen molar-refractivity contribution in [3.05, 3.63) is 40.4 Å². The smallest absolute Gasteiger partial charge is 0.250 e. The van der Waals surface area contributed by atoms with Crippen LogP contribution >= 0.6 is 0 Å². The monoisotopic (exact) mass is 270 g/mol. The third-order valence-electron chi connectivity index (χ3n) is 3.13. The second-order valence-electron chi connectivity index (χ2n) is 4.76. The molecule has 0 amide bonds. The van der Waals surface area contributed by atoms with Crippen molar-refractivity contribution in [2.24, 2.45) is 0 Å². The van der Waals surface area contributed by atoms with Crippen LogP contribution in [0.3, 0.4) is 0 Å². The van der Waals surface area contributed by atoms with Crippen molar-refractivity contribution in [2.45, 2.75) is 18.5 Å². The van der Waals surface area contributed by atoms with Gasteiger partial charge < -0.3 is 5.32 Å². The van der Waals surface area contributed by atoms with E-state index in [2.05, 4.69) is 5.32 Å². The summed E-state index contributed by atoms with van der Waals surface area (Å²) in [5.41, 5.74) is -0.382. The molecule has 2 rings (SSSR count). The first-order valence-electron chi connectivity index (χ1n) is 5.50. The Bertz CT molecular complexity index is 558. The van der Waals surface area contributed by atoms with Gasteiger partial charge >= 0.3 is 0 Å². The average molecular weight is 270 g/mol. The lowest BCUT2D eigenvalue weighted by atomic mass is 9.96. The van der Waals surface area contributed by atoms with Crippen LogP contribution in [0, 0.1) is 10.1 Å². The fraction of sp³-hybridized carbons (Fsp3) is 0.455. The van der Waals surface area contributed by atoms with Crippen molar-refractivity contribution in [2.75, 3.05) is 16.8 Å². The summed E-state index contributed by atoms with van der Waals surface area (Å²) in [5, 5.41) is 14.0. The largest absolute Gasteiger partial charge is 0.373 e. The Balaban J connectivity index is 2.31. The molecule has 0 saturated carbocycles. The summed E-state index contributed by atoms with van der Waals surface area (Å²) in [5.74, 6) is -0.628. The zero-order valence-electron chi connectivity index (χ0n) is 9.87. The van der Waals surface area contributed by atoms with E-state index in [1.54, 1.807) is 31.2 Å². The number of anilines is 1. The topological polar surface area (TPSA) is 89.3 Å². The second kappa shape index (κ2) is 4.24. The number of nitrogens with zero attached hydrogens (tertiary/aromatic N) is 1. The van der Waals surface area contributed by atoms with Crippen LogP contribution in [0.4, 0.5) is 5.69 Å². The molecule has 0 radical (unpaired) electrons. The highest BCUT2D eigenvalue weighted by molar-refractivity contribution is 7.91. The summed E-state index contributed by atoms with van der Waals surface area (Å²) >= 11 is 0. The summed E-state index contributed by atoms with van der Waals surface area (Å²) in [6.45, 7) is 1.58. The third kappa shape index (κ3) is 2.45. The first-order valence-corrected chi connectivity index (χ1v) is 7.32. The summed E-state index contributed by atoms with van der Waals surface area (Å²) < 4.78 is 23.2. The molecule has 1 aromatic carbocycles. The highest BCUT2D eigenvalue weighted by Crippen LogP contribution is 2.29. The van der Waals surface area contributed by atoms with Crippen LogP contribution in [0.25, 0.3) is 0 Å². The van der Waals surface area contributed by atoms with Crippen LogP contribution in [-0.4, -0.2) is 36.4 Å². The molecule has 7 heteroatoms. The number of benzene rings is 1. The van der Waals surface area contributed by atoms with Crippen molar-refractivity contribution in [3.8, 4) is 0 Å². The van der Waals surface area contributed by atoms with E-state index in [-0.39, 0.29) is 5.75 Å². The Kier molecular flexibility index (Phi) is 3.02. The Morgan fingerprint density at radius 2 is 2.00 bits per heavy atom. The van der Waals surface area contributed by atoms with Gasteiger partial charge in [0.1, 0.15) is 11.3 Å². The number of rotatable bonds is 3. The van der Waals surface area contributed by atoms with E-state index in [4.69, 9.17) is 0 Å². The van der Waals surface area contributed by atoms with Crippen LogP contribution in [0.5, 0.6) is 0 Å². The van der Waals surface area contributed by atoms with Gasteiger partial charge in [0.15, 0.2) is 9.84 Å². The fourth-order valence-corrected chi connectivity index (χ4v) is 4.57. The molecule has 1 aliphatic rings. The van der Waals surface area contributed by atoms with Gasteiger partial charge in [0.2, 0.25) is 6.04 Å². The Morgan fingerprint density at radius 1 is 1.39 bits per heavy atom. The maximum absolute atomic E-state index is 11.6. The number of nitrogens with one attached hydrogen (secondary N) is 1. The molecule has 0 aliphatic carbocycles. The van der Waals surface area contributed by atoms with E-state index in [9.17, 15) is 18.5 Å². The van der Waals surface area contributed by atoms with E-state index >= 15 is 0 Å². The van der Waals surface area contributed by atoms with Gasteiger partial charge in [0.05, 0.1) is 5.75 Å². The van der Waals surface area contributed by atoms with E-state index in [0.717, 1.165) is 0 Å². The lowest BCUT2D eigenvalue weighted by Crippen LogP contribution is -2.49. The molecule has 18 heavy (non-hydrogen) atoms. The van der Waals surface area contributed by atoms with Crippen LogP contribution in [0.1, 0.15) is 6.92 Å². The first kappa shape index (κ1) is 12.8. The number of hydrogen-bond acceptors (Lipinski definition) is 5. The average Bonchev–Trinajstić information content (AvgIpc) is 2.50. The molecule has 1 saturated heterocycles. The minimum Gasteiger partial charge on any atom is -0.373 e. The molecule has 98 valence electrons. The number of sulfone groups is 1. The Hall–Kier alpha value is -1.63. The van der Waals surface area contributed by atoms with Gasteiger partial charge in [0.25, 0.3) is 0 Å². The van der Waals surface area contributed by atoms with Crippen LogP contribution in [-0.2, 0) is 9.84 Å². The molecule has 1 aliphatic heterocycles. The lowest BCUT2D eigenvalue weighted by Gasteiger charge is -2.26. The first-order chi connectivity index (χ1) is 8.32. The molecule has 6 nitrogen and oxygen atoms in total. The van der Waals surface area contributed by atoms with Gasteiger partial charge in [-0.1, -0.05) is 18.2 Å². The van der Waals surface area contributed by atoms with E-state index in [1.165, 1.54) is 0 Å². The van der Waals surface area contributed by atoms with Gasteiger partial charge in [-0.25, -0.2) is 8.42 Å². The minimum absolute atomic E-state index is 0.222. The van der Waals surface area contributed by atoms with E-state index in [1.807, 2.05) is 6.07 Å². The Labute approximate surface area is 105 Å². The number of nitro groups is 1. The molecule has 2 unspecified atom stereocenters. The van der Waals surface area contributed by atoms with Crippen LogP contribution in [0.2, 0.25) is 0 Å². The molecule has 1 fully saturated rings. The maximum Gasteiger partial charge on any atom is 0.250 e. The predicted octanol–water partition coefficient (Wildman–Crippen LogP) is 0.931. The lowest BCUT2D eigenvalue weighted by molar-refractivity contribution is -0.523. The molecule has 0 spiro atoms. The molecular weight excluding hydrogens is 256 g/mol. The van der Waals surface area contributed by atoms with E-state index < -0.39 is 32.1 Å². The van der Waals surface area contributed by atoms with Gasteiger partial charge in [-0.2, -0.15) is 0 Å². The number of hydrogen-bond donors (Lipinski definition) is 1. The molecule has 0 aromatic heterocycles. The van der Waals surface area contributed by atoms with E-state index in [0.29, 0.717) is 5.69 Å². The van der Waals surface area contributed by atoms with Crippen LogP contribution < -0.4 is 5.32 Å². The van der Waals surface area contributed by atoms with Crippen molar-refractivity contribution in [3.63, 3.8) is 0 Å². The minimum atomic E-state index is -3.37. The maximum atomic E-state index is 11.6. The molecular formula is C11H14N2O4S. The highest BCUT2D eigenvalue weighted by atomic mass is 32.2. The second-order valence-corrected chi connectivity index (χ2v) is 6.87. The van der Waals surface area contributed by atoms with Crippen LogP contribution in [0.15, 0.2) is 30.3 Å². The normalized spacial score (nSPS) is 29.9. The van der Waals surface area contributed by atoms with Gasteiger partial charge in [-0.05, 0) is 19.1 Å². The molecule has 1 N–H and O–H groups in total. The van der Waals surface area contributed by atoms with Gasteiger partial charge in [-0.3, -0.25) is 10.1 Å². The standard InChI is InChI=1S/C11H14N2O4S/c1-11(12-9-5-3-2-4-6-9)8-18(16,17)7-10(11)13(14)15/h2-6,10,12H,7-8H2,1H3. The van der Waals surface area contributed by atoms with Crippen molar-refractivity contribution in [1.82, 2.24) is 0 Å². The van der Waals surface area contributed by atoms with Crippen molar-refractivity contribution in [1.29, 1.82) is 0 Å². The highest BCUT2D eigenvalue weighted by Gasteiger charge is 2.54. The summed E-state index contributed by atoms with van der Waals surface area (Å²) in [4.78, 5) is 10.5. The third-order valence-corrected chi connectivity index (χ3v) is 4.99. The molecule has 0 bridgehead atoms. The van der Waals surface area contributed by atoms with Gasteiger partial charge in [-0.15, -0.1) is 0 Å². The summed E-state index contributed by atoms with van der Waals surface area (Å²) in [6, 6.07) is 7.79. The zero-order chi connectivity index (χ0) is 13.4. The van der Waals surface area contributed by atoms with Crippen molar-refractivity contribution >= 4 is 15.5 Å². The molecule has 2 atom stereocenters. The Morgan fingerprint density at radius 3 is 2.56 bits per heavy atom. The van der Waals surface area contributed by atoms with Crippen molar-refractivity contribution < 1.29 is 13.3 Å². The molecule has 1 heterocycles. The number of para-hydroxylation sites is 1. The summed E-state index contributed by atoms with van der Waals surface area (Å²) in [6.07, 6.45) is 0. The zero-order valence-corrected chi connectivity index (χ0v) is 10.7. The predicted molar refractivity (Wildman–Crippen MR) is 67.9 cm³/mol. The SMILES string of the molecule is CC1(Nc2ccccc2)CS(=O)(=O)CC1[N+](=O)[O-]. The molecule has 1 aromatic rings.